The van der Waals surface area contributed by atoms with Crippen LogP contribution in [-0.4, -0.2) is 41.8 Å². The molecule has 11 heteroatoms. The van der Waals surface area contributed by atoms with Gasteiger partial charge in [-0.15, -0.1) is 0 Å². The second kappa shape index (κ2) is 8.97. The van der Waals surface area contributed by atoms with Gasteiger partial charge in [0, 0.05) is 12.6 Å². The maximum Gasteiger partial charge on any atom is 0.423 e. The Kier molecular flexibility index (Phi) is 7.43. The van der Waals surface area contributed by atoms with Crippen molar-refractivity contribution in [2.45, 2.75) is 89.2 Å². The minimum Gasteiger partial charge on any atom is -0.413 e. The van der Waals surface area contributed by atoms with Crippen molar-refractivity contribution in [1.29, 1.82) is 0 Å². The second-order valence-electron chi connectivity index (χ2n) is 8.77. The Morgan fingerprint density at radius 2 is 1.73 bits per heavy atom. The number of aromatic amines is 1. The molecule has 0 radical (unpaired) electrons. The Balaban J connectivity index is 2.25. The van der Waals surface area contributed by atoms with Crippen LogP contribution in [0.25, 0.3) is 0 Å². The predicted octanol–water partition coefficient (Wildman–Crippen LogP) is 3.40. The number of hydrogen-bond acceptors (Lipinski definition) is 5. The summed E-state index contributed by atoms with van der Waals surface area (Å²) >= 11 is 0. The highest BCUT2D eigenvalue weighted by atomic mass is 28.4. The lowest BCUT2D eigenvalue weighted by Gasteiger charge is -2.42. The lowest BCUT2D eigenvalue weighted by atomic mass is 10.2. The minimum absolute atomic E-state index is 0.0860. The molecule has 30 heavy (non-hydrogen) atoms. The van der Waals surface area contributed by atoms with E-state index in [-0.39, 0.29) is 13.0 Å². The molecule has 2 N–H and O–H groups in total. The highest BCUT2D eigenvalue weighted by Gasteiger charge is 2.47. The van der Waals surface area contributed by atoms with Gasteiger partial charge in [0.25, 0.3) is 5.56 Å². The van der Waals surface area contributed by atoms with Crippen LogP contribution in [0.1, 0.15) is 59.8 Å². The SMILES string of the molecule is CC(C)[Si](OC[C@@H]1O[C@H](n2cc(C(F)(F)F)c(=O)[nH]c2=O)CC1O)(C(C)C)C(C)C. The molecule has 2 rings (SSSR count). The summed E-state index contributed by atoms with van der Waals surface area (Å²) in [6.45, 7) is 12.7. The van der Waals surface area contributed by atoms with Gasteiger partial charge in [-0.3, -0.25) is 14.3 Å². The number of halogens is 3. The summed E-state index contributed by atoms with van der Waals surface area (Å²) in [5.74, 6) is 0. The van der Waals surface area contributed by atoms with Crippen molar-refractivity contribution in [3.8, 4) is 0 Å². The zero-order chi connectivity index (χ0) is 23.0. The molecule has 0 amide bonds. The molecule has 1 aliphatic heterocycles. The van der Waals surface area contributed by atoms with E-state index >= 15 is 0 Å². The third-order valence-electron chi connectivity index (χ3n) is 5.99. The van der Waals surface area contributed by atoms with Gasteiger partial charge < -0.3 is 14.3 Å². The first-order valence-corrected chi connectivity index (χ1v) is 12.3. The van der Waals surface area contributed by atoms with E-state index in [9.17, 15) is 27.9 Å². The van der Waals surface area contributed by atoms with Crippen LogP contribution in [0.4, 0.5) is 13.2 Å². The van der Waals surface area contributed by atoms with E-state index in [1.807, 2.05) is 0 Å². The van der Waals surface area contributed by atoms with E-state index in [0.29, 0.717) is 27.4 Å². The lowest BCUT2D eigenvalue weighted by Crippen LogP contribution is -2.49. The van der Waals surface area contributed by atoms with Gasteiger partial charge in [0.15, 0.2) is 8.32 Å². The van der Waals surface area contributed by atoms with Gasteiger partial charge in [0.2, 0.25) is 0 Å². The van der Waals surface area contributed by atoms with Crippen molar-refractivity contribution in [2.24, 2.45) is 0 Å². The van der Waals surface area contributed by atoms with E-state index in [0.717, 1.165) is 0 Å². The van der Waals surface area contributed by atoms with Crippen LogP contribution >= 0.6 is 0 Å². The highest BCUT2D eigenvalue weighted by Crippen LogP contribution is 2.43. The number of alkyl halides is 3. The van der Waals surface area contributed by atoms with E-state index in [4.69, 9.17) is 9.16 Å². The summed E-state index contributed by atoms with van der Waals surface area (Å²) in [6.07, 6.45) is -7.49. The zero-order valence-electron chi connectivity index (χ0n) is 18.1. The summed E-state index contributed by atoms with van der Waals surface area (Å²) in [6, 6.07) is 0. The van der Waals surface area contributed by atoms with Crippen LogP contribution in [0.5, 0.6) is 0 Å². The quantitative estimate of drug-likeness (QED) is 0.619. The van der Waals surface area contributed by atoms with Crippen molar-refractivity contribution in [3.63, 3.8) is 0 Å². The smallest absolute Gasteiger partial charge is 0.413 e. The molecule has 0 saturated carbocycles. The molecule has 2 heterocycles. The number of aromatic nitrogens is 2. The van der Waals surface area contributed by atoms with Crippen molar-refractivity contribution in [1.82, 2.24) is 9.55 Å². The van der Waals surface area contributed by atoms with Crippen LogP contribution in [0, 0.1) is 0 Å². The van der Waals surface area contributed by atoms with Gasteiger partial charge >= 0.3 is 11.9 Å². The predicted molar refractivity (Wildman–Crippen MR) is 108 cm³/mol. The fourth-order valence-electron chi connectivity index (χ4n) is 4.66. The van der Waals surface area contributed by atoms with Crippen LogP contribution in [-0.2, 0) is 15.3 Å². The fraction of sp³-hybridized carbons (Fsp3) is 0.789. The summed E-state index contributed by atoms with van der Waals surface area (Å²) in [5.41, 5.74) is -3.11. The summed E-state index contributed by atoms with van der Waals surface area (Å²) in [4.78, 5) is 25.2. The zero-order valence-corrected chi connectivity index (χ0v) is 19.1. The first-order chi connectivity index (χ1) is 13.7. The summed E-state index contributed by atoms with van der Waals surface area (Å²) in [5, 5.41) is 10.4. The number of aliphatic hydroxyl groups is 1. The average molecular weight is 453 g/mol. The van der Waals surface area contributed by atoms with Crippen molar-refractivity contribution < 1.29 is 27.4 Å². The maximum absolute atomic E-state index is 13.0. The number of nitrogens with zero attached hydrogens (tertiary/aromatic N) is 1. The molecular weight excluding hydrogens is 421 g/mol. The van der Waals surface area contributed by atoms with Gasteiger partial charge in [0.05, 0.1) is 12.7 Å². The molecule has 1 aromatic rings. The van der Waals surface area contributed by atoms with Crippen LogP contribution < -0.4 is 11.2 Å². The number of hydrogen-bond donors (Lipinski definition) is 2. The summed E-state index contributed by atoms with van der Waals surface area (Å²) < 4.78 is 51.9. The molecule has 0 spiro atoms. The Hall–Kier alpha value is -1.43. The molecule has 1 aliphatic rings. The molecule has 1 fully saturated rings. The highest BCUT2D eigenvalue weighted by molar-refractivity contribution is 6.77. The van der Waals surface area contributed by atoms with E-state index in [2.05, 4.69) is 41.5 Å². The van der Waals surface area contributed by atoms with E-state index in [1.54, 1.807) is 4.98 Å². The van der Waals surface area contributed by atoms with Gasteiger partial charge in [-0.05, 0) is 16.6 Å². The molecule has 1 unspecified atom stereocenters. The third kappa shape index (κ3) is 4.73. The number of ether oxygens (including phenoxy) is 1. The van der Waals surface area contributed by atoms with Gasteiger partial charge in [0.1, 0.15) is 17.9 Å². The Bertz CT molecular complexity index is 828. The third-order valence-corrected chi connectivity index (χ3v) is 12.1. The molecule has 0 aliphatic carbocycles. The molecule has 172 valence electrons. The normalized spacial score (nSPS) is 23.2. The first-order valence-electron chi connectivity index (χ1n) is 10.1. The van der Waals surface area contributed by atoms with Crippen LogP contribution in [0.2, 0.25) is 16.6 Å². The van der Waals surface area contributed by atoms with Crippen molar-refractivity contribution in [2.75, 3.05) is 6.61 Å². The monoisotopic (exact) mass is 452 g/mol. The van der Waals surface area contributed by atoms with Gasteiger partial charge in [-0.2, -0.15) is 13.2 Å². The fourth-order valence-corrected chi connectivity index (χ4v) is 10.1. The average Bonchev–Trinajstić information content (AvgIpc) is 2.93. The molecule has 7 nitrogen and oxygen atoms in total. The van der Waals surface area contributed by atoms with Gasteiger partial charge in [-0.1, -0.05) is 41.5 Å². The molecule has 1 aromatic heterocycles. The topological polar surface area (TPSA) is 93.5 Å². The molecule has 3 atom stereocenters. The Morgan fingerprint density at radius 3 is 2.20 bits per heavy atom. The number of nitrogens with one attached hydrogen (secondary N) is 1. The maximum atomic E-state index is 13.0. The van der Waals surface area contributed by atoms with E-state index in [1.165, 1.54) is 0 Å². The Labute approximate surface area is 174 Å². The minimum atomic E-state index is -4.92. The van der Waals surface area contributed by atoms with Crippen LogP contribution in [0.15, 0.2) is 15.8 Å². The molecule has 0 aromatic carbocycles. The largest absolute Gasteiger partial charge is 0.423 e. The lowest BCUT2D eigenvalue weighted by molar-refractivity contribution is -0.139. The van der Waals surface area contributed by atoms with Crippen molar-refractivity contribution >= 4 is 8.32 Å². The van der Waals surface area contributed by atoms with Gasteiger partial charge in [-0.25, -0.2) is 4.79 Å². The van der Waals surface area contributed by atoms with Crippen molar-refractivity contribution in [3.05, 3.63) is 32.6 Å². The summed E-state index contributed by atoms with van der Waals surface area (Å²) in [7, 11) is -2.23. The molecule has 1 saturated heterocycles. The second-order valence-corrected chi connectivity index (χ2v) is 14.2. The Morgan fingerprint density at radius 1 is 1.20 bits per heavy atom. The molecular formula is C19H31F3N2O5Si. The number of rotatable bonds is 7. The van der Waals surface area contributed by atoms with Crippen LogP contribution in [0.3, 0.4) is 0 Å². The molecule has 0 bridgehead atoms. The standard InChI is InChI=1S/C19H31F3N2O5Si/c1-10(2)30(11(3)4,12(5)6)28-9-15-14(25)7-16(29-15)24-8-13(19(20,21)22)17(26)23-18(24)27/h8,10-12,14-16,25H,7,9H2,1-6H3,(H,23,26,27)/t14?,15-,16-/m0/s1. The number of H-pyrrole nitrogens is 1. The van der Waals surface area contributed by atoms with E-state index < -0.39 is 49.7 Å². The number of aliphatic hydroxyl groups excluding tert-OH is 1. The first kappa shape index (κ1) is 24.8.